The highest BCUT2D eigenvalue weighted by atomic mass is 16.5. The SMILES string of the molecule is COc1ccc([C@@H](N)[C@@H](O)C2CC2)c(O)c1. The van der Waals surface area contributed by atoms with Gasteiger partial charge in [-0.2, -0.15) is 0 Å². The first-order valence-electron chi connectivity index (χ1n) is 5.44. The number of phenolic OH excluding ortho intramolecular Hbond substituents is 1. The molecule has 16 heavy (non-hydrogen) atoms. The van der Waals surface area contributed by atoms with E-state index >= 15 is 0 Å². The molecule has 0 unspecified atom stereocenters. The summed E-state index contributed by atoms with van der Waals surface area (Å²) in [5, 5.41) is 19.7. The maximum atomic E-state index is 9.89. The van der Waals surface area contributed by atoms with Crippen LogP contribution in [-0.4, -0.2) is 23.4 Å². The van der Waals surface area contributed by atoms with Crippen molar-refractivity contribution in [3.8, 4) is 11.5 Å². The third kappa shape index (κ3) is 2.13. The Morgan fingerprint density at radius 2 is 2.12 bits per heavy atom. The number of aliphatic hydroxyl groups excluding tert-OH is 1. The summed E-state index contributed by atoms with van der Waals surface area (Å²) in [6, 6.07) is 4.41. The van der Waals surface area contributed by atoms with E-state index in [1.54, 1.807) is 12.1 Å². The lowest BCUT2D eigenvalue weighted by Crippen LogP contribution is -2.27. The standard InChI is InChI=1S/C12H17NO3/c1-16-8-4-5-9(10(14)6-8)11(13)12(15)7-2-3-7/h4-7,11-12,14-15H,2-3,13H2,1H3/t11-,12+/m1/s1. The first kappa shape index (κ1) is 11.2. The lowest BCUT2D eigenvalue weighted by atomic mass is 9.98. The summed E-state index contributed by atoms with van der Waals surface area (Å²) in [4.78, 5) is 0. The maximum Gasteiger partial charge on any atom is 0.124 e. The molecule has 4 nitrogen and oxygen atoms in total. The Balaban J connectivity index is 2.18. The normalized spacial score (nSPS) is 19.2. The Bertz CT molecular complexity index is 377. The van der Waals surface area contributed by atoms with Gasteiger partial charge in [0.2, 0.25) is 0 Å². The number of ether oxygens (including phenoxy) is 1. The number of hydrogen-bond donors (Lipinski definition) is 3. The predicted molar refractivity (Wildman–Crippen MR) is 60.3 cm³/mol. The van der Waals surface area contributed by atoms with Gasteiger partial charge in [0.05, 0.1) is 19.3 Å². The van der Waals surface area contributed by atoms with E-state index in [1.807, 2.05) is 0 Å². The zero-order valence-electron chi connectivity index (χ0n) is 9.26. The quantitative estimate of drug-likeness (QED) is 0.716. The van der Waals surface area contributed by atoms with E-state index in [0.717, 1.165) is 12.8 Å². The number of phenols is 1. The molecule has 0 heterocycles. The molecule has 1 aliphatic carbocycles. The van der Waals surface area contributed by atoms with Crippen LogP contribution in [0.2, 0.25) is 0 Å². The van der Waals surface area contributed by atoms with Crippen molar-refractivity contribution in [2.75, 3.05) is 7.11 Å². The van der Waals surface area contributed by atoms with Crippen molar-refractivity contribution in [1.29, 1.82) is 0 Å². The van der Waals surface area contributed by atoms with Crippen LogP contribution < -0.4 is 10.5 Å². The summed E-state index contributed by atoms with van der Waals surface area (Å²) in [7, 11) is 1.54. The van der Waals surface area contributed by atoms with E-state index in [-0.39, 0.29) is 11.7 Å². The van der Waals surface area contributed by atoms with Gasteiger partial charge in [0.15, 0.2) is 0 Å². The molecule has 0 spiro atoms. The molecule has 0 aromatic heterocycles. The molecule has 0 aliphatic heterocycles. The monoisotopic (exact) mass is 223 g/mol. The van der Waals surface area contributed by atoms with Gasteiger partial charge < -0.3 is 20.7 Å². The van der Waals surface area contributed by atoms with Crippen LogP contribution in [-0.2, 0) is 0 Å². The van der Waals surface area contributed by atoms with Gasteiger partial charge in [-0.05, 0) is 30.9 Å². The Hall–Kier alpha value is -1.26. The fraction of sp³-hybridized carbons (Fsp3) is 0.500. The molecule has 1 fully saturated rings. The zero-order chi connectivity index (χ0) is 11.7. The molecule has 2 atom stereocenters. The first-order valence-corrected chi connectivity index (χ1v) is 5.44. The van der Waals surface area contributed by atoms with E-state index in [0.29, 0.717) is 11.3 Å². The molecular weight excluding hydrogens is 206 g/mol. The van der Waals surface area contributed by atoms with Crippen molar-refractivity contribution in [2.24, 2.45) is 11.7 Å². The van der Waals surface area contributed by atoms with Gasteiger partial charge >= 0.3 is 0 Å². The summed E-state index contributed by atoms with van der Waals surface area (Å²) in [5.74, 6) is 0.942. The molecular formula is C12H17NO3. The minimum absolute atomic E-state index is 0.0755. The largest absolute Gasteiger partial charge is 0.507 e. The summed E-state index contributed by atoms with van der Waals surface area (Å²) in [6.45, 7) is 0. The average molecular weight is 223 g/mol. The van der Waals surface area contributed by atoms with Crippen molar-refractivity contribution in [1.82, 2.24) is 0 Å². The van der Waals surface area contributed by atoms with Crippen LogP contribution in [0.4, 0.5) is 0 Å². The molecule has 0 bridgehead atoms. The van der Waals surface area contributed by atoms with Crippen molar-refractivity contribution in [3.63, 3.8) is 0 Å². The van der Waals surface area contributed by atoms with E-state index in [2.05, 4.69) is 0 Å². The molecule has 1 aromatic rings. The Morgan fingerprint density at radius 1 is 1.44 bits per heavy atom. The van der Waals surface area contributed by atoms with Gasteiger partial charge in [-0.15, -0.1) is 0 Å². The van der Waals surface area contributed by atoms with Crippen molar-refractivity contribution >= 4 is 0 Å². The number of rotatable bonds is 4. The number of aromatic hydroxyl groups is 1. The predicted octanol–water partition coefficient (Wildman–Crippen LogP) is 1.17. The van der Waals surface area contributed by atoms with Gasteiger partial charge in [-0.1, -0.05) is 0 Å². The van der Waals surface area contributed by atoms with E-state index in [1.165, 1.54) is 13.2 Å². The lowest BCUT2D eigenvalue weighted by molar-refractivity contribution is 0.121. The van der Waals surface area contributed by atoms with Crippen LogP contribution in [0.25, 0.3) is 0 Å². The fourth-order valence-electron chi connectivity index (χ4n) is 1.85. The average Bonchev–Trinajstić information content (AvgIpc) is 3.10. The zero-order valence-corrected chi connectivity index (χ0v) is 9.26. The van der Waals surface area contributed by atoms with E-state index in [4.69, 9.17) is 10.5 Å². The van der Waals surface area contributed by atoms with Crippen molar-refractivity contribution in [3.05, 3.63) is 23.8 Å². The van der Waals surface area contributed by atoms with E-state index in [9.17, 15) is 10.2 Å². The molecule has 88 valence electrons. The number of methoxy groups -OCH3 is 1. The van der Waals surface area contributed by atoms with Crippen LogP contribution in [0.3, 0.4) is 0 Å². The number of benzene rings is 1. The summed E-state index contributed by atoms with van der Waals surface area (Å²) >= 11 is 0. The van der Waals surface area contributed by atoms with Gasteiger partial charge in [0.1, 0.15) is 11.5 Å². The minimum Gasteiger partial charge on any atom is -0.507 e. The highest BCUT2D eigenvalue weighted by Crippen LogP contribution is 2.39. The van der Waals surface area contributed by atoms with Crippen LogP contribution in [0.15, 0.2) is 18.2 Å². The number of aliphatic hydroxyl groups is 1. The van der Waals surface area contributed by atoms with Crippen molar-refractivity contribution in [2.45, 2.75) is 25.0 Å². The molecule has 2 rings (SSSR count). The Kier molecular flexibility index (Phi) is 3.03. The molecule has 0 amide bonds. The Morgan fingerprint density at radius 3 is 2.62 bits per heavy atom. The number of nitrogens with two attached hydrogens (primary N) is 1. The molecule has 1 saturated carbocycles. The molecule has 0 saturated heterocycles. The molecule has 1 aliphatic rings. The van der Waals surface area contributed by atoms with E-state index < -0.39 is 12.1 Å². The second kappa shape index (κ2) is 4.31. The first-order chi connectivity index (χ1) is 7.63. The topological polar surface area (TPSA) is 75.7 Å². The summed E-state index contributed by atoms with van der Waals surface area (Å²) < 4.78 is 4.99. The van der Waals surface area contributed by atoms with Crippen molar-refractivity contribution < 1.29 is 14.9 Å². The third-order valence-corrected chi connectivity index (χ3v) is 3.07. The second-order valence-corrected chi connectivity index (χ2v) is 4.28. The van der Waals surface area contributed by atoms with Crippen LogP contribution in [0.5, 0.6) is 11.5 Å². The molecule has 4 N–H and O–H groups in total. The number of hydrogen-bond acceptors (Lipinski definition) is 4. The molecule has 0 radical (unpaired) electrons. The summed E-state index contributed by atoms with van der Waals surface area (Å²) in [6.07, 6.45) is 1.47. The summed E-state index contributed by atoms with van der Waals surface area (Å²) in [5.41, 5.74) is 6.49. The third-order valence-electron chi connectivity index (χ3n) is 3.07. The Labute approximate surface area is 94.7 Å². The van der Waals surface area contributed by atoms with Gasteiger partial charge in [-0.3, -0.25) is 0 Å². The van der Waals surface area contributed by atoms with Gasteiger partial charge in [0.25, 0.3) is 0 Å². The van der Waals surface area contributed by atoms with Gasteiger partial charge in [0, 0.05) is 11.6 Å². The molecule has 4 heteroatoms. The minimum atomic E-state index is -0.570. The maximum absolute atomic E-state index is 9.89. The smallest absolute Gasteiger partial charge is 0.124 e. The van der Waals surface area contributed by atoms with Crippen LogP contribution >= 0.6 is 0 Å². The lowest BCUT2D eigenvalue weighted by Gasteiger charge is -2.20. The highest BCUT2D eigenvalue weighted by Gasteiger charge is 2.35. The second-order valence-electron chi connectivity index (χ2n) is 4.28. The molecule has 1 aromatic carbocycles. The fourth-order valence-corrected chi connectivity index (χ4v) is 1.85. The van der Waals surface area contributed by atoms with Crippen LogP contribution in [0, 0.1) is 5.92 Å². The highest BCUT2D eigenvalue weighted by molar-refractivity contribution is 5.41. The van der Waals surface area contributed by atoms with Gasteiger partial charge in [-0.25, -0.2) is 0 Å². The van der Waals surface area contributed by atoms with Crippen LogP contribution in [0.1, 0.15) is 24.4 Å².